The van der Waals surface area contributed by atoms with Gasteiger partial charge in [-0.15, -0.1) is 32.9 Å². The first-order valence-electron chi connectivity index (χ1n) is 2.01. The van der Waals surface area contributed by atoms with Crippen molar-refractivity contribution in [3.8, 4) is 0 Å². The molecule has 0 saturated carbocycles. The number of halogens is 2. The van der Waals surface area contributed by atoms with Gasteiger partial charge in [0.15, 0.2) is 0 Å². The van der Waals surface area contributed by atoms with Gasteiger partial charge in [0, 0.05) is 19.5 Å². The molecule has 0 bridgehead atoms. The van der Waals surface area contributed by atoms with Crippen LogP contribution >= 0.6 is 32.9 Å². The minimum atomic E-state index is 0. The predicted octanol–water partition coefficient (Wildman–Crippen LogP) is 2.82. The van der Waals surface area contributed by atoms with E-state index in [-0.39, 0.29) is 36.5 Å². The van der Waals surface area contributed by atoms with Crippen molar-refractivity contribution in [2.45, 2.75) is 0 Å². The summed E-state index contributed by atoms with van der Waals surface area (Å²) in [6, 6.07) is 10.6. The molecule has 1 aromatic carbocycles. The van der Waals surface area contributed by atoms with Gasteiger partial charge in [-0.1, -0.05) is 4.47 Å². The van der Waals surface area contributed by atoms with Crippen molar-refractivity contribution >= 4 is 32.9 Å². The van der Waals surface area contributed by atoms with Crippen LogP contribution in [0, 0.1) is 6.07 Å². The van der Waals surface area contributed by atoms with E-state index in [0.29, 0.717) is 0 Å². The summed E-state index contributed by atoms with van der Waals surface area (Å²) in [4.78, 5) is 0. The Labute approximate surface area is 86.7 Å². The van der Waals surface area contributed by atoms with Crippen LogP contribution < -0.4 is 0 Å². The molecule has 46 valence electrons. The van der Waals surface area contributed by atoms with Crippen molar-refractivity contribution < 1.29 is 19.5 Å². The van der Waals surface area contributed by atoms with Crippen LogP contribution in [0.25, 0.3) is 0 Å². The Bertz CT molecular complexity index is 141. The zero-order valence-electron chi connectivity index (χ0n) is 4.80. The summed E-state index contributed by atoms with van der Waals surface area (Å²) < 4.78 is 1.08. The molecule has 9 heavy (non-hydrogen) atoms. The number of hydrogen-bond donors (Lipinski definition) is 0. The molecule has 1 rings (SSSR count). The molecule has 0 atom stereocenters. The molecule has 0 fully saturated rings. The van der Waals surface area contributed by atoms with Gasteiger partial charge >= 0.3 is 0 Å². The second-order valence-corrected chi connectivity index (χ2v) is 2.14. The van der Waals surface area contributed by atoms with Crippen LogP contribution in [-0.2, 0) is 19.5 Å². The first kappa shape index (κ1) is 12.5. The molecule has 0 nitrogen and oxygen atoms in total. The minimum absolute atomic E-state index is 0. The zero-order chi connectivity index (χ0) is 5.11. The maximum atomic E-state index is 3.28. The molecular weight excluding hydrogens is 297 g/mol. The van der Waals surface area contributed by atoms with E-state index < -0.39 is 0 Å². The van der Waals surface area contributed by atoms with Gasteiger partial charge in [-0.25, -0.2) is 0 Å². The van der Waals surface area contributed by atoms with E-state index in [1.807, 2.05) is 24.3 Å². The summed E-state index contributed by atoms with van der Waals surface area (Å²) in [6.07, 6.45) is 0. The van der Waals surface area contributed by atoms with Crippen LogP contribution in [-0.4, -0.2) is 0 Å². The van der Waals surface area contributed by atoms with E-state index in [4.69, 9.17) is 0 Å². The molecule has 1 aromatic rings. The molecule has 0 aliphatic carbocycles. The van der Waals surface area contributed by atoms with Gasteiger partial charge in [0.25, 0.3) is 0 Å². The molecule has 0 heterocycles. The summed E-state index contributed by atoms with van der Waals surface area (Å²) in [6.45, 7) is 0. The van der Waals surface area contributed by atoms with Crippen LogP contribution in [0.15, 0.2) is 28.7 Å². The average molecular weight is 302 g/mol. The van der Waals surface area contributed by atoms with Crippen molar-refractivity contribution in [3.05, 3.63) is 34.8 Å². The van der Waals surface area contributed by atoms with Gasteiger partial charge < -0.3 is 0 Å². The topological polar surface area (TPSA) is 0 Å². The second kappa shape index (κ2) is 6.92. The van der Waals surface area contributed by atoms with Crippen LogP contribution in [0.1, 0.15) is 0 Å². The fourth-order valence-corrected chi connectivity index (χ4v) is 0.656. The van der Waals surface area contributed by atoms with E-state index in [1.54, 1.807) is 0 Å². The molecule has 0 radical (unpaired) electrons. The first-order valence-corrected chi connectivity index (χ1v) is 2.80. The summed E-state index contributed by atoms with van der Waals surface area (Å²) >= 11 is 3.28. The average Bonchev–Trinajstić information content (AvgIpc) is 1.69. The van der Waals surface area contributed by atoms with E-state index >= 15 is 0 Å². The maximum absolute atomic E-state index is 3.28. The Hall–Kier alpha value is 0.803. The molecule has 0 aliphatic heterocycles. The van der Waals surface area contributed by atoms with Crippen LogP contribution in [0.5, 0.6) is 0 Å². The third-order valence-corrected chi connectivity index (χ3v) is 1.16. The molecule has 0 aromatic heterocycles. The minimum Gasteiger partial charge on any atom is -0.183 e. The van der Waals surface area contributed by atoms with Crippen LogP contribution in [0.3, 0.4) is 0 Å². The quantitative estimate of drug-likeness (QED) is 0.511. The Kier molecular flexibility index (Phi) is 9.59. The second-order valence-electron chi connectivity index (χ2n) is 1.22. The SMILES string of the molecule is Br.Brc1c[c-]ccc1.[Zn]. The Morgan fingerprint density at radius 1 is 1.44 bits per heavy atom. The van der Waals surface area contributed by atoms with Crippen LogP contribution in [0.4, 0.5) is 0 Å². The van der Waals surface area contributed by atoms with Crippen molar-refractivity contribution in [2.24, 2.45) is 0 Å². The largest absolute Gasteiger partial charge is 0.183 e. The fourth-order valence-electron chi connectivity index (χ4n) is 0.371. The molecule has 0 amide bonds. The third-order valence-electron chi connectivity index (χ3n) is 0.669. The summed E-state index contributed by atoms with van der Waals surface area (Å²) in [7, 11) is 0. The van der Waals surface area contributed by atoms with E-state index in [2.05, 4.69) is 22.0 Å². The Balaban J connectivity index is 0. The summed E-state index contributed by atoms with van der Waals surface area (Å²) in [5.74, 6) is 0. The van der Waals surface area contributed by atoms with Crippen molar-refractivity contribution in [3.63, 3.8) is 0 Å². The number of hydrogen-bond acceptors (Lipinski definition) is 0. The molecule has 0 spiro atoms. The van der Waals surface area contributed by atoms with Crippen molar-refractivity contribution in [1.29, 1.82) is 0 Å². The molecular formula is C6H5Br2Zn-. The number of rotatable bonds is 0. The predicted molar refractivity (Wildman–Crippen MR) is 43.3 cm³/mol. The summed E-state index contributed by atoms with van der Waals surface area (Å²) in [5.41, 5.74) is 0. The molecule has 3 heteroatoms. The standard InChI is InChI=1S/C6H4Br.BrH.Zn/c7-6-4-2-1-3-5-6;;/h1-2,4-5H;1H;/q-1;;. The Morgan fingerprint density at radius 2 is 2.11 bits per heavy atom. The molecule has 0 aliphatic rings. The third kappa shape index (κ3) is 5.26. The Morgan fingerprint density at radius 3 is 2.33 bits per heavy atom. The summed E-state index contributed by atoms with van der Waals surface area (Å²) in [5, 5.41) is 0. The van der Waals surface area contributed by atoms with Gasteiger partial charge in [0.2, 0.25) is 0 Å². The monoisotopic (exact) mass is 299 g/mol. The molecule has 0 saturated heterocycles. The van der Waals surface area contributed by atoms with Crippen LogP contribution in [0.2, 0.25) is 0 Å². The zero-order valence-corrected chi connectivity index (χ0v) is 11.1. The smallest absolute Gasteiger partial charge is 0 e. The van der Waals surface area contributed by atoms with Crippen molar-refractivity contribution in [2.75, 3.05) is 0 Å². The first-order chi connectivity index (χ1) is 3.39. The molecule has 0 N–H and O–H groups in total. The molecule has 0 unspecified atom stereocenters. The number of benzene rings is 1. The fraction of sp³-hybridized carbons (Fsp3) is 0. The van der Waals surface area contributed by atoms with Crippen molar-refractivity contribution in [1.82, 2.24) is 0 Å². The van der Waals surface area contributed by atoms with Gasteiger partial charge in [-0.3, -0.25) is 0 Å². The van der Waals surface area contributed by atoms with E-state index in [9.17, 15) is 0 Å². The normalized spacial score (nSPS) is 6.78. The maximum Gasteiger partial charge on any atom is 0 e. The van der Waals surface area contributed by atoms with Gasteiger partial charge in [0.05, 0.1) is 0 Å². The van der Waals surface area contributed by atoms with Gasteiger partial charge in [0.1, 0.15) is 0 Å². The van der Waals surface area contributed by atoms with E-state index in [1.165, 1.54) is 0 Å². The van der Waals surface area contributed by atoms with Gasteiger partial charge in [-0.05, 0) is 0 Å². The van der Waals surface area contributed by atoms with E-state index in [0.717, 1.165) is 4.47 Å². The van der Waals surface area contributed by atoms with Gasteiger partial charge in [-0.2, -0.15) is 30.3 Å².